The van der Waals surface area contributed by atoms with Crippen molar-refractivity contribution in [2.24, 2.45) is 0 Å². The van der Waals surface area contributed by atoms with Crippen LogP contribution in [0.3, 0.4) is 0 Å². The molecule has 1 aliphatic rings. The number of carbonyl (C=O) groups excluding carboxylic acids is 1. The second-order valence-corrected chi connectivity index (χ2v) is 5.92. The van der Waals surface area contributed by atoms with Crippen molar-refractivity contribution < 1.29 is 9.53 Å². The molecule has 1 N–H and O–H groups in total. The van der Waals surface area contributed by atoms with Crippen LogP contribution in [0.2, 0.25) is 0 Å². The number of anilines is 1. The molecule has 0 aromatic heterocycles. The largest absolute Gasteiger partial charge is 0.491 e. The summed E-state index contributed by atoms with van der Waals surface area (Å²) in [5, 5.41) is 3.47. The number of ether oxygens (including phenoxy) is 1. The number of rotatable bonds is 4. The lowest BCUT2D eigenvalue weighted by Crippen LogP contribution is -2.42. The lowest BCUT2D eigenvalue weighted by molar-refractivity contribution is 0.0695. The number of para-hydroxylation sites is 1. The Bertz CT molecular complexity index is 695. The number of amides is 1. The van der Waals surface area contributed by atoms with E-state index in [1.165, 1.54) is 0 Å². The van der Waals surface area contributed by atoms with Crippen LogP contribution in [0.1, 0.15) is 42.9 Å². The van der Waals surface area contributed by atoms with Crippen LogP contribution < -0.4 is 10.1 Å². The van der Waals surface area contributed by atoms with Gasteiger partial charge in [0.1, 0.15) is 11.9 Å². The first-order valence-electron chi connectivity index (χ1n) is 8.03. The van der Waals surface area contributed by atoms with E-state index in [9.17, 15) is 4.79 Å². The second-order valence-electron chi connectivity index (χ2n) is 5.92. The predicted octanol–water partition coefficient (Wildman–Crippen LogP) is 4.06. The Labute approximate surface area is 137 Å². The van der Waals surface area contributed by atoms with Gasteiger partial charge in [0, 0.05) is 12.2 Å². The predicted molar refractivity (Wildman–Crippen MR) is 91.7 cm³/mol. The molecule has 0 spiro atoms. The third-order valence-electron chi connectivity index (χ3n) is 3.93. The van der Waals surface area contributed by atoms with E-state index < -0.39 is 0 Å². The molecule has 1 heterocycles. The number of carbonyl (C=O) groups is 1. The van der Waals surface area contributed by atoms with Crippen LogP contribution in [0.5, 0.6) is 5.75 Å². The normalized spacial score (nSPS) is 17.0. The average molecular weight is 310 g/mol. The number of nitrogens with zero attached hydrogens (tertiary/aromatic N) is 1. The van der Waals surface area contributed by atoms with Crippen molar-refractivity contribution in [1.29, 1.82) is 0 Å². The standard InChI is InChI=1S/C19H22N2O2/c1-4-21-18(14-9-11-15(12-10-14)23-13(2)3)20-17-8-6-5-7-16(17)19(21)22/h5-13,18,20H,4H2,1-3H3. The van der Waals surface area contributed by atoms with Gasteiger partial charge in [-0.2, -0.15) is 0 Å². The molecule has 0 radical (unpaired) electrons. The van der Waals surface area contributed by atoms with Crippen LogP contribution >= 0.6 is 0 Å². The summed E-state index contributed by atoms with van der Waals surface area (Å²) >= 11 is 0. The highest BCUT2D eigenvalue weighted by Gasteiger charge is 2.31. The number of fused-ring (bicyclic) bond motifs is 1. The molecule has 1 aliphatic heterocycles. The van der Waals surface area contributed by atoms with Crippen molar-refractivity contribution >= 4 is 11.6 Å². The molecule has 1 amide bonds. The van der Waals surface area contributed by atoms with Crippen molar-refractivity contribution in [1.82, 2.24) is 4.90 Å². The molecule has 2 aromatic carbocycles. The molecule has 0 fully saturated rings. The molecule has 23 heavy (non-hydrogen) atoms. The van der Waals surface area contributed by atoms with Gasteiger partial charge in [-0.1, -0.05) is 24.3 Å². The maximum Gasteiger partial charge on any atom is 0.257 e. The van der Waals surface area contributed by atoms with E-state index in [1.807, 2.05) is 74.2 Å². The van der Waals surface area contributed by atoms with Crippen molar-refractivity contribution in [2.45, 2.75) is 33.0 Å². The van der Waals surface area contributed by atoms with Crippen molar-refractivity contribution in [3.05, 3.63) is 59.7 Å². The fourth-order valence-electron chi connectivity index (χ4n) is 2.88. The average Bonchev–Trinajstić information content (AvgIpc) is 2.55. The van der Waals surface area contributed by atoms with Crippen LogP contribution in [0.15, 0.2) is 48.5 Å². The van der Waals surface area contributed by atoms with Crippen LogP contribution in [-0.4, -0.2) is 23.5 Å². The van der Waals surface area contributed by atoms with Gasteiger partial charge in [-0.3, -0.25) is 4.79 Å². The Morgan fingerprint density at radius 2 is 1.83 bits per heavy atom. The molecular weight excluding hydrogens is 288 g/mol. The first kappa shape index (κ1) is 15.4. The van der Waals surface area contributed by atoms with Gasteiger partial charge in [0.05, 0.1) is 11.7 Å². The summed E-state index contributed by atoms with van der Waals surface area (Å²) in [5.74, 6) is 0.906. The molecule has 120 valence electrons. The lowest BCUT2D eigenvalue weighted by atomic mass is 10.0. The molecule has 0 bridgehead atoms. The summed E-state index contributed by atoms with van der Waals surface area (Å²) in [6.07, 6.45) is -0.00949. The van der Waals surface area contributed by atoms with Crippen molar-refractivity contribution in [3.8, 4) is 5.75 Å². The maximum absolute atomic E-state index is 12.7. The Hall–Kier alpha value is -2.49. The molecular formula is C19H22N2O2. The Kier molecular flexibility index (Phi) is 4.24. The van der Waals surface area contributed by atoms with Crippen LogP contribution in [0, 0.1) is 0 Å². The van der Waals surface area contributed by atoms with E-state index in [4.69, 9.17) is 4.74 Å². The van der Waals surface area contributed by atoms with Crippen molar-refractivity contribution in [3.63, 3.8) is 0 Å². The minimum Gasteiger partial charge on any atom is -0.491 e. The van der Waals surface area contributed by atoms with Gasteiger partial charge in [0.25, 0.3) is 5.91 Å². The molecule has 0 aliphatic carbocycles. The van der Waals surface area contributed by atoms with E-state index in [2.05, 4.69) is 5.32 Å². The Balaban J connectivity index is 1.91. The van der Waals surface area contributed by atoms with Gasteiger partial charge in [-0.05, 0) is 50.6 Å². The smallest absolute Gasteiger partial charge is 0.257 e. The fourth-order valence-corrected chi connectivity index (χ4v) is 2.88. The zero-order valence-corrected chi connectivity index (χ0v) is 13.7. The minimum absolute atomic E-state index is 0.0642. The van der Waals surface area contributed by atoms with Gasteiger partial charge >= 0.3 is 0 Å². The first-order chi connectivity index (χ1) is 11.1. The van der Waals surface area contributed by atoms with E-state index >= 15 is 0 Å². The maximum atomic E-state index is 12.7. The molecule has 1 atom stereocenters. The summed E-state index contributed by atoms with van der Waals surface area (Å²) in [7, 11) is 0. The molecule has 4 nitrogen and oxygen atoms in total. The van der Waals surface area contributed by atoms with E-state index in [-0.39, 0.29) is 18.2 Å². The quantitative estimate of drug-likeness (QED) is 0.926. The molecule has 4 heteroatoms. The van der Waals surface area contributed by atoms with Crippen molar-refractivity contribution in [2.75, 3.05) is 11.9 Å². The van der Waals surface area contributed by atoms with Gasteiger partial charge in [0.2, 0.25) is 0 Å². The van der Waals surface area contributed by atoms with E-state index in [0.717, 1.165) is 22.6 Å². The topological polar surface area (TPSA) is 41.6 Å². The fraction of sp³-hybridized carbons (Fsp3) is 0.316. The van der Waals surface area contributed by atoms with Crippen LogP contribution in [0.25, 0.3) is 0 Å². The number of hydrogen-bond acceptors (Lipinski definition) is 3. The summed E-state index contributed by atoms with van der Waals surface area (Å²) in [5.41, 5.74) is 2.66. The van der Waals surface area contributed by atoms with Gasteiger partial charge in [0.15, 0.2) is 0 Å². The zero-order chi connectivity index (χ0) is 16.4. The summed E-state index contributed by atoms with van der Waals surface area (Å²) in [6.45, 7) is 6.65. The van der Waals surface area contributed by atoms with Gasteiger partial charge in [-0.15, -0.1) is 0 Å². The van der Waals surface area contributed by atoms with Gasteiger partial charge < -0.3 is 15.0 Å². The third kappa shape index (κ3) is 3.02. The number of nitrogens with one attached hydrogen (secondary N) is 1. The Morgan fingerprint density at radius 1 is 1.13 bits per heavy atom. The second kappa shape index (κ2) is 6.32. The third-order valence-corrected chi connectivity index (χ3v) is 3.93. The van der Waals surface area contributed by atoms with Crippen LogP contribution in [-0.2, 0) is 0 Å². The number of benzene rings is 2. The molecule has 1 unspecified atom stereocenters. The SMILES string of the molecule is CCN1C(=O)c2ccccc2NC1c1ccc(OC(C)C)cc1. The summed E-state index contributed by atoms with van der Waals surface area (Å²) in [6, 6.07) is 15.6. The van der Waals surface area contributed by atoms with Crippen LogP contribution in [0.4, 0.5) is 5.69 Å². The highest BCUT2D eigenvalue weighted by atomic mass is 16.5. The summed E-state index contributed by atoms with van der Waals surface area (Å²) in [4.78, 5) is 14.6. The molecule has 2 aromatic rings. The first-order valence-corrected chi connectivity index (χ1v) is 8.03. The minimum atomic E-state index is -0.157. The number of hydrogen-bond donors (Lipinski definition) is 1. The molecule has 0 saturated heterocycles. The Morgan fingerprint density at radius 3 is 2.48 bits per heavy atom. The monoisotopic (exact) mass is 310 g/mol. The molecule has 3 rings (SSSR count). The lowest BCUT2D eigenvalue weighted by Gasteiger charge is -2.37. The van der Waals surface area contributed by atoms with E-state index in [1.54, 1.807) is 0 Å². The van der Waals surface area contributed by atoms with Gasteiger partial charge in [-0.25, -0.2) is 0 Å². The highest BCUT2D eigenvalue weighted by molar-refractivity contribution is 6.01. The highest BCUT2D eigenvalue weighted by Crippen LogP contribution is 2.33. The molecule has 0 saturated carbocycles. The van der Waals surface area contributed by atoms with E-state index in [0.29, 0.717) is 6.54 Å². The zero-order valence-electron chi connectivity index (χ0n) is 13.7. The summed E-state index contributed by atoms with van der Waals surface area (Å²) < 4.78 is 5.69.